The number of aromatic nitrogens is 2. The first-order valence-corrected chi connectivity index (χ1v) is 18.8. The van der Waals surface area contributed by atoms with Gasteiger partial charge in [-0.2, -0.15) is 0 Å². The van der Waals surface area contributed by atoms with Crippen molar-refractivity contribution >= 4 is 43.9 Å². The number of fused-ring (bicyclic) bond motifs is 6. The van der Waals surface area contributed by atoms with Crippen LogP contribution in [0.25, 0.3) is 111 Å². The molecule has 11 aromatic rings. The second-order valence-corrected chi connectivity index (χ2v) is 14.2. The van der Waals surface area contributed by atoms with E-state index in [9.17, 15) is 0 Å². The lowest BCUT2D eigenvalue weighted by atomic mass is 9.91. The maximum absolute atomic E-state index is 6.23. The monoisotopic (exact) mass is 716 g/mol. The Morgan fingerprint density at radius 3 is 1.41 bits per heavy atom. The Balaban J connectivity index is 1.13. The van der Waals surface area contributed by atoms with Gasteiger partial charge in [0.1, 0.15) is 22.3 Å². The fourth-order valence-electron chi connectivity index (χ4n) is 7.90. The standard InChI is InChI=1S/C52H32N2O2/c1-3-11-33(12-4-1)34-19-21-35(22-20-34)46-32-47(54-52(53-46)36-13-5-2-6-14-36)43-29-37(38-24-27-50-44(30-38)41-15-7-9-17-48(41)55-50)23-26-40(43)39-25-28-51-45(31-39)42-16-8-10-18-49(42)56-51/h1-32H. The van der Waals surface area contributed by atoms with Gasteiger partial charge in [0.05, 0.1) is 11.4 Å². The Bertz CT molecular complexity index is 3230. The fraction of sp³-hybridized carbons (Fsp3) is 0. The highest BCUT2D eigenvalue weighted by atomic mass is 16.3. The summed E-state index contributed by atoms with van der Waals surface area (Å²) in [7, 11) is 0. The molecule has 0 aliphatic rings. The molecule has 3 heterocycles. The lowest BCUT2D eigenvalue weighted by Crippen LogP contribution is -1.97. The molecule has 3 aromatic heterocycles. The van der Waals surface area contributed by atoms with E-state index in [1.54, 1.807) is 0 Å². The van der Waals surface area contributed by atoms with E-state index in [2.05, 4.69) is 146 Å². The van der Waals surface area contributed by atoms with Gasteiger partial charge in [0, 0.05) is 38.2 Å². The van der Waals surface area contributed by atoms with Gasteiger partial charge in [-0.25, -0.2) is 9.97 Å². The topological polar surface area (TPSA) is 52.1 Å². The minimum Gasteiger partial charge on any atom is -0.456 e. The summed E-state index contributed by atoms with van der Waals surface area (Å²) in [5.74, 6) is 0.671. The largest absolute Gasteiger partial charge is 0.456 e. The van der Waals surface area contributed by atoms with Crippen LogP contribution in [0.2, 0.25) is 0 Å². The van der Waals surface area contributed by atoms with Crippen LogP contribution in [0.5, 0.6) is 0 Å². The summed E-state index contributed by atoms with van der Waals surface area (Å²) >= 11 is 0. The van der Waals surface area contributed by atoms with Crippen LogP contribution in [0.15, 0.2) is 203 Å². The molecule has 8 aromatic carbocycles. The van der Waals surface area contributed by atoms with Gasteiger partial charge in [0.2, 0.25) is 0 Å². The summed E-state index contributed by atoms with van der Waals surface area (Å²) in [5, 5.41) is 4.37. The molecular weight excluding hydrogens is 685 g/mol. The van der Waals surface area contributed by atoms with Crippen molar-refractivity contribution in [3.8, 4) is 67.3 Å². The second kappa shape index (κ2) is 13.1. The van der Waals surface area contributed by atoms with Crippen molar-refractivity contribution in [1.82, 2.24) is 9.97 Å². The first-order valence-electron chi connectivity index (χ1n) is 18.8. The van der Waals surface area contributed by atoms with Crippen molar-refractivity contribution < 1.29 is 8.83 Å². The smallest absolute Gasteiger partial charge is 0.160 e. The van der Waals surface area contributed by atoms with Crippen molar-refractivity contribution in [3.05, 3.63) is 194 Å². The molecule has 0 fully saturated rings. The number of hydrogen-bond donors (Lipinski definition) is 0. The van der Waals surface area contributed by atoms with Gasteiger partial charge >= 0.3 is 0 Å². The summed E-state index contributed by atoms with van der Waals surface area (Å²) in [6.07, 6.45) is 0. The van der Waals surface area contributed by atoms with E-state index in [4.69, 9.17) is 18.8 Å². The van der Waals surface area contributed by atoms with Gasteiger partial charge < -0.3 is 8.83 Å². The first-order chi connectivity index (χ1) is 27.7. The molecule has 0 aliphatic carbocycles. The van der Waals surface area contributed by atoms with Crippen molar-refractivity contribution in [2.45, 2.75) is 0 Å². The number of rotatable bonds is 6. The molecule has 11 rings (SSSR count). The molecular formula is C52H32N2O2. The van der Waals surface area contributed by atoms with E-state index in [0.717, 1.165) is 99.8 Å². The van der Waals surface area contributed by atoms with Crippen LogP contribution in [-0.2, 0) is 0 Å². The third kappa shape index (κ3) is 5.55. The van der Waals surface area contributed by atoms with Gasteiger partial charge in [-0.15, -0.1) is 0 Å². The number of para-hydroxylation sites is 2. The SMILES string of the molecule is c1ccc(-c2ccc(-c3cc(-c4cc(-c5ccc6oc7ccccc7c6c5)ccc4-c4ccc5oc6ccccc6c5c4)nc(-c4ccccc4)n3)cc2)cc1. The average molecular weight is 717 g/mol. The predicted octanol–water partition coefficient (Wildman–Crippen LogP) is 14.3. The van der Waals surface area contributed by atoms with Crippen LogP contribution >= 0.6 is 0 Å². The van der Waals surface area contributed by atoms with Crippen molar-refractivity contribution in [2.24, 2.45) is 0 Å². The second-order valence-electron chi connectivity index (χ2n) is 14.2. The lowest BCUT2D eigenvalue weighted by Gasteiger charge is -2.15. The normalized spacial score (nSPS) is 11.6. The molecule has 0 saturated heterocycles. The van der Waals surface area contributed by atoms with E-state index in [1.807, 2.05) is 48.5 Å². The van der Waals surface area contributed by atoms with Gasteiger partial charge in [-0.3, -0.25) is 0 Å². The fourth-order valence-corrected chi connectivity index (χ4v) is 7.90. The minimum atomic E-state index is 0.671. The average Bonchev–Trinajstić information content (AvgIpc) is 3.84. The molecule has 0 amide bonds. The molecule has 262 valence electrons. The van der Waals surface area contributed by atoms with Crippen molar-refractivity contribution in [3.63, 3.8) is 0 Å². The molecule has 0 radical (unpaired) electrons. The molecule has 0 N–H and O–H groups in total. The lowest BCUT2D eigenvalue weighted by molar-refractivity contribution is 0.668. The van der Waals surface area contributed by atoms with Gasteiger partial charge in [0.25, 0.3) is 0 Å². The van der Waals surface area contributed by atoms with Crippen LogP contribution in [0.4, 0.5) is 0 Å². The molecule has 0 unspecified atom stereocenters. The minimum absolute atomic E-state index is 0.671. The molecule has 4 heteroatoms. The van der Waals surface area contributed by atoms with E-state index in [-0.39, 0.29) is 0 Å². The zero-order valence-electron chi connectivity index (χ0n) is 30.2. The van der Waals surface area contributed by atoms with E-state index >= 15 is 0 Å². The molecule has 4 nitrogen and oxygen atoms in total. The number of benzene rings is 8. The Labute approximate surface area is 323 Å². The molecule has 56 heavy (non-hydrogen) atoms. The number of furan rings is 2. The Hall–Kier alpha value is -7.56. The molecule has 0 saturated carbocycles. The summed E-state index contributed by atoms with van der Waals surface area (Å²) in [6.45, 7) is 0. The zero-order chi connectivity index (χ0) is 37.0. The van der Waals surface area contributed by atoms with Crippen molar-refractivity contribution in [1.29, 1.82) is 0 Å². The highest BCUT2D eigenvalue weighted by molar-refractivity contribution is 6.08. The molecule has 0 spiro atoms. The molecule has 0 aliphatic heterocycles. The van der Waals surface area contributed by atoms with Gasteiger partial charge in [-0.1, -0.05) is 146 Å². The van der Waals surface area contributed by atoms with E-state index < -0.39 is 0 Å². The third-order valence-electron chi connectivity index (χ3n) is 10.7. The summed E-state index contributed by atoms with van der Waals surface area (Å²) in [4.78, 5) is 10.5. The Morgan fingerprint density at radius 1 is 0.268 bits per heavy atom. The maximum atomic E-state index is 6.23. The number of hydrogen-bond acceptors (Lipinski definition) is 4. The summed E-state index contributed by atoms with van der Waals surface area (Å²) in [6, 6.07) is 67.5. The Kier molecular flexibility index (Phi) is 7.46. The molecule has 0 atom stereocenters. The van der Waals surface area contributed by atoms with Gasteiger partial charge in [0.15, 0.2) is 5.82 Å². The highest BCUT2D eigenvalue weighted by Crippen LogP contribution is 2.41. The predicted molar refractivity (Wildman–Crippen MR) is 229 cm³/mol. The van der Waals surface area contributed by atoms with Gasteiger partial charge in [-0.05, 0) is 81.9 Å². The maximum Gasteiger partial charge on any atom is 0.160 e. The van der Waals surface area contributed by atoms with Crippen LogP contribution < -0.4 is 0 Å². The summed E-state index contributed by atoms with van der Waals surface area (Å²) < 4.78 is 12.4. The van der Waals surface area contributed by atoms with Crippen LogP contribution in [-0.4, -0.2) is 9.97 Å². The first kappa shape index (κ1) is 31.9. The Morgan fingerprint density at radius 2 is 0.732 bits per heavy atom. The summed E-state index contributed by atoms with van der Waals surface area (Å²) in [5.41, 5.74) is 14.8. The van der Waals surface area contributed by atoms with Crippen LogP contribution in [0.1, 0.15) is 0 Å². The van der Waals surface area contributed by atoms with E-state index in [1.165, 1.54) is 5.56 Å². The van der Waals surface area contributed by atoms with E-state index in [0.29, 0.717) is 5.82 Å². The van der Waals surface area contributed by atoms with Crippen LogP contribution in [0, 0.1) is 0 Å². The third-order valence-corrected chi connectivity index (χ3v) is 10.7. The molecule has 0 bridgehead atoms. The highest BCUT2D eigenvalue weighted by Gasteiger charge is 2.18. The van der Waals surface area contributed by atoms with Crippen molar-refractivity contribution in [2.75, 3.05) is 0 Å². The quantitative estimate of drug-likeness (QED) is 0.172. The number of nitrogens with zero attached hydrogens (tertiary/aromatic N) is 2. The zero-order valence-corrected chi connectivity index (χ0v) is 30.2. The van der Waals surface area contributed by atoms with Crippen LogP contribution in [0.3, 0.4) is 0 Å².